The van der Waals surface area contributed by atoms with Gasteiger partial charge in [-0.25, -0.2) is 0 Å². The number of carbonyl (C=O) groups excluding carboxylic acids is 1. The van der Waals surface area contributed by atoms with Crippen LogP contribution >= 0.6 is 11.6 Å². The maximum atomic E-state index is 13.2. The molecule has 180 valence electrons. The molecule has 1 N–H and O–H groups in total. The first kappa shape index (κ1) is 23.2. The molecule has 0 spiro atoms. The number of aromatic nitrogens is 3. The third kappa shape index (κ3) is 5.07. The zero-order chi connectivity index (χ0) is 23.5. The fourth-order valence-electron chi connectivity index (χ4n) is 5.51. The average molecular weight is 480 g/mol. The molecule has 0 aromatic heterocycles. The van der Waals surface area contributed by atoms with Gasteiger partial charge in [0, 0.05) is 24.2 Å². The Labute approximate surface area is 207 Å². The lowest BCUT2D eigenvalue weighted by Crippen LogP contribution is -2.38. The van der Waals surface area contributed by atoms with Crippen LogP contribution in [0.5, 0.6) is 0 Å². The molecular weight excluding hydrogens is 446 g/mol. The molecule has 0 bridgehead atoms. The molecule has 1 aromatic carbocycles. The molecule has 2 fully saturated rings. The first-order chi connectivity index (χ1) is 16.6. The van der Waals surface area contributed by atoms with Crippen LogP contribution in [0.25, 0.3) is 11.4 Å². The number of benzene rings is 1. The first-order valence-electron chi connectivity index (χ1n) is 12.7. The summed E-state index contributed by atoms with van der Waals surface area (Å²) in [5.41, 5.74) is 2.39. The lowest BCUT2D eigenvalue weighted by Gasteiger charge is -2.28. The zero-order valence-electron chi connectivity index (χ0n) is 20.0. The number of anilines is 1. The lowest BCUT2D eigenvalue weighted by molar-refractivity contribution is 0.0917. The van der Waals surface area contributed by atoms with E-state index in [0.717, 1.165) is 53.7 Å². The minimum Gasteiger partial charge on any atom is -0.358 e. The number of hydrogen-bond donors (Lipinski definition) is 1. The van der Waals surface area contributed by atoms with Crippen LogP contribution < -0.4 is 10.2 Å². The van der Waals surface area contributed by atoms with Gasteiger partial charge < -0.3 is 14.8 Å². The molecule has 0 radical (unpaired) electrons. The van der Waals surface area contributed by atoms with Gasteiger partial charge in [-0.05, 0) is 61.4 Å². The van der Waals surface area contributed by atoms with Crippen LogP contribution in [0.3, 0.4) is 0 Å². The van der Waals surface area contributed by atoms with Crippen molar-refractivity contribution >= 4 is 23.3 Å². The summed E-state index contributed by atoms with van der Waals surface area (Å²) < 4.78 is 2.22. The van der Waals surface area contributed by atoms with E-state index >= 15 is 0 Å². The number of carbonyl (C=O) groups is 1. The summed E-state index contributed by atoms with van der Waals surface area (Å²) >= 11 is 6.13. The quantitative estimate of drug-likeness (QED) is 0.504. The van der Waals surface area contributed by atoms with Gasteiger partial charge in [-0.2, -0.15) is 0 Å². The van der Waals surface area contributed by atoms with E-state index in [1.807, 2.05) is 18.2 Å². The maximum Gasteiger partial charge on any atom is 0.272 e. The summed E-state index contributed by atoms with van der Waals surface area (Å²) in [4.78, 5) is 15.6. The van der Waals surface area contributed by atoms with Crippen LogP contribution in [-0.2, 0) is 6.54 Å². The highest BCUT2D eigenvalue weighted by atomic mass is 35.5. The molecule has 1 saturated heterocycles. The predicted octanol–water partition coefficient (Wildman–Crippen LogP) is 5.77. The molecule has 34 heavy (non-hydrogen) atoms. The number of rotatable bonds is 5. The Morgan fingerprint density at radius 2 is 1.76 bits per heavy atom. The van der Waals surface area contributed by atoms with Crippen LogP contribution in [0.15, 0.2) is 36.4 Å². The molecule has 3 heterocycles. The maximum absolute atomic E-state index is 13.2. The highest BCUT2D eigenvalue weighted by Crippen LogP contribution is 2.32. The van der Waals surface area contributed by atoms with Gasteiger partial charge >= 0.3 is 0 Å². The fraction of sp³-hybridized carbons (Fsp3) is 0.519. The SMILES string of the molecule is CC1CCCC(NC(=O)c2nnc3n(Cc4ccc(Cl)cc4)c(N4CCCCCC4)ccc2-3)C1. The molecule has 1 aliphatic carbocycles. The fourth-order valence-corrected chi connectivity index (χ4v) is 5.64. The van der Waals surface area contributed by atoms with Crippen molar-refractivity contribution in [2.45, 2.75) is 70.9 Å². The Kier molecular flexibility index (Phi) is 7.05. The van der Waals surface area contributed by atoms with Crippen LogP contribution in [0.2, 0.25) is 5.02 Å². The molecule has 4 aliphatic rings. The Morgan fingerprint density at radius 3 is 2.50 bits per heavy atom. The van der Waals surface area contributed by atoms with Crippen LogP contribution in [0, 0.1) is 5.92 Å². The normalized spacial score (nSPS) is 21.4. The van der Waals surface area contributed by atoms with E-state index in [-0.39, 0.29) is 11.9 Å². The number of nitrogens with one attached hydrogen (secondary N) is 1. The number of halogens is 1. The van der Waals surface area contributed by atoms with E-state index < -0.39 is 0 Å². The van der Waals surface area contributed by atoms with Gasteiger partial charge in [-0.15, -0.1) is 10.2 Å². The Bertz CT molecular complexity index is 1090. The molecule has 1 saturated carbocycles. The third-order valence-electron chi connectivity index (χ3n) is 7.34. The molecule has 6 nitrogen and oxygen atoms in total. The van der Waals surface area contributed by atoms with Crippen molar-refractivity contribution in [3.63, 3.8) is 0 Å². The Balaban J connectivity index is 1.47. The van der Waals surface area contributed by atoms with Crippen molar-refractivity contribution in [1.29, 1.82) is 0 Å². The van der Waals surface area contributed by atoms with E-state index in [1.165, 1.54) is 38.5 Å². The average Bonchev–Trinajstić information content (AvgIpc) is 3.08. The van der Waals surface area contributed by atoms with Gasteiger partial charge in [0.15, 0.2) is 11.5 Å². The van der Waals surface area contributed by atoms with Crippen molar-refractivity contribution in [3.05, 3.63) is 52.7 Å². The monoisotopic (exact) mass is 479 g/mol. The van der Waals surface area contributed by atoms with E-state index in [4.69, 9.17) is 11.6 Å². The van der Waals surface area contributed by atoms with E-state index in [9.17, 15) is 4.79 Å². The van der Waals surface area contributed by atoms with Gasteiger partial charge in [-0.1, -0.05) is 56.3 Å². The van der Waals surface area contributed by atoms with Crippen molar-refractivity contribution in [2.24, 2.45) is 5.92 Å². The van der Waals surface area contributed by atoms with Crippen molar-refractivity contribution in [2.75, 3.05) is 18.0 Å². The van der Waals surface area contributed by atoms with Crippen molar-refractivity contribution in [3.8, 4) is 11.4 Å². The summed E-state index contributed by atoms with van der Waals surface area (Å²) in [5, 5.41) is 12.9. The molecule has 2 atom stereocenters. The Hall–Kier alpha value is -2.60. The minimum atomic E-state index is -0.109. The second kappa shape index (κ2) is 10.3. The van der Waals surface area contributed by atoms with Crippen LogP contribution in [-0.4, -0.2) is 39.8 Å². The summed E-state index contributed by atoms with van der Waals surface area (Å²) in [5.74, 6) is 2.44. The van der Waals surface area contributed by atoms with Crippen LogP contribution in [0.1, 0.15) is 74.3 Å². The second-order valence-electron chi connectivity index (χ2n) is 10.0. The van der Waals surface area contributed by atoms with Crippen molar-refractivity contribution in [1.82, 2.24) is 20.1 Å². The summed E-state index contributed by atoms with van der Waals surface area (Å²) in [6.45, 7) is 4.99. The lowest BCUT2D eigenvalue weighted by atomic mass is 9.87. The van der Waals surface area contributed by atoms with Gasteiger partial charge in [-0.3, -0.25) is 4.79 Å². The number of amides is 1. The highest BCUT2D eigenvalue weighted by molar-refractivity contribution is 6.30. The summed E-state index contributed by atoms with van der Waals surface area (Å²) in [7, 11) is 0. The molecule has 3 aliphatic heterocycles. The Morgan fingerprint density at radius 1 is 1.00 bits per heavy atom. The number of pyridine rings is 1. The van der Waals surface area contributed by atoms with Gasteiger partial charge in [0.25, 0.3) is 5.91 Å². The standard InChI is InChI=1S/C27H34ClN5O/c1-19-7-6-8-22(17-19)29-27(34)25-23-13-14-24(32-15-4-2-3-5-16-32)33(26(23)31-30-25)18-20-9-11-21(28)12-10-20/h9-14,19,22H,2-8,15-18H2,1H3,(H,29,34). The second-order valence-corrected chi connectivity index (χ2v) is 10.5. The number of nitrogens with zero attached hydrogens (tertiary/aromatic N) is 4. The summed E-state index contributed by atoms with van der Waals surface area (Å²) in [6.07, 6.45) is 9.42. The molecule has 1 aromatic rings. The van der Waals surface area contributed by atoms with Gasteiger partial charge in [0.05, 0.1) is 12.1 Å². The van der Waals surface area contributed by atoms with Crippen LogP contribution in [0.4, 0.5) is 5.82 Å². The van der Waals surface area contributed by atoms with Gasteiger partial charge in [0.2, 0.25) is 0 Å². The van der Waals surface area contributed by atoms with E-state index in [2.05, 4.69) is 50.1 Å². The zero-order valence-corrected chi connectivity index (χ0v) is 20.7. The molecule has 5 rings (SSSR count). The first-order valence-corrected chi connectivity index (χ1v) is 13.1. The third-order valence-corrected chi connectivity index (χ3v) is 7.59. The number of fused-ring (bicyclic) bond motifs is 1. The highest BCUT2D eigenvalue weighted by Gasteiger charge is 2.28. The molecule has 2 unspecified atom stereocenters. The van der Waals surface area contributed by atoms with Crippen molar-refractivity contribution < 1.29 is 4.79 Å². The van der Waals surface area contributed by atoms with Gasteiger partial charge in [0.1, 0.15) is 5.82 Å². The topological polar surface area (TPSA) is 63.1 Å². The smallest absolute Gasteiger partial charge is 0.272 e. The molecular formula is C27H34ClN5O. The number of hydrogen-bond acceptors (Lipinski definition) is 4. The van der Waals surface area contributed by atoms with E-state index in [0.29, 0.717) is 18.2 Å². The molecule has 1 amide bonds. The predicted molar refractivity (Wildman–Crippen MR) is 137 cm³/mol. The minimum absolute atomic E-state index is 0.109. The molecule has 7 heteroatoms. The largest absolute Gasteiger partial charge is 0.358 e. The van der Waals surface area contributed by atoms with E-state index in [1.54, 1.807) is 0 Å². The summed E-state index contributed by atoms with van der Waals surface area (Å²) in [6, 6.07) is 12.3.